The Labute approximate surface area is 182 Å². The Morgan fingerprint density at radius 1 is 1.10 bits per heavy atom. The lowest BCUT2D eigenvalue weighted by Gasteiger charge is -2.14. The molecule has 3 rings (SSSR count). The summed E-state index contributed by atoms with van der Waals surface area (Å²) >= 11 is 0.854. The van der Waals surface area contributed by atoms with E-state index in [4.69, 9.17) is 4.74 Å². The first kappa shape index (κ1) is 22.6. The number of carbonyl (C=O) groups is 1. The van der Waals surface area contributed by atoms with Gasteiger partial charge in [-0.05, 0) is 42.8 Å². The summed E-state index contributed by atoms with van der Waals surface area (Å²) < 4.78 is 45.1. The maximum atomic E-state index is 13.3. The van der Waals surface area contributed by atoms with Gasteiger partial charge in [-0.1, -0.05) is 42.1 Å². The Balaban J connectivity index is 1.75. The number of methoxy groups -OCH3 is 1. The maximum absolute atomic E-state index is 13.3. The zero-order valence-corrected chi connectivity index (χ0v) is 17.6. The van der Waals surface area contributed by atoms with Crippen molar-refractivity contribution in [3.05, 3.63) is 71.9 Å². The van der Waals surface area contributed by atoms with Crippen LogP contribution in [-0.4, -0.2) is 28.7 Å². The highest BCUT2D eigenvalue weighted by molar-refractivity contribution is 7.99. The number of aromatic nitrogens is 2. The predicted octanol–water partition coefficient (Wildman–Crippen LogP) is 5.14. The summed E-state index contributed by atoms with van der Waals surface area (Å²) in [5.41, 5.74) is 0.468. The van der Waals surface area contributed by atoms with Crippen molar-refractivity contribution in [2.24, 2.45) is 0 Å². The first-order valence-corrected chi connectivity index (χ1v) is 10.3. The van der Waals surface area contributed by atoms with Crippen LogP contribution in [0.4, 0.5) is 13.2 Å². The lowest BCUT2D eigenvalue weighted by molar-refractivity contribution is -0.141. The van der Waals surface area contributed by atoms with Crippen molar-refractivity contribution in [3.63, 3.8) is 0 Å². The zero-order valence-electron chi connectivity index (χ0n) is 16.8. The number of nitrogens with one attached hydrogen (secondary N) is 1. The van der Waals surface area contributed by atoms with Crippen molar-refractivity contribution < 1.29 is 22.7 Å². The number of hydrogen-bond acceptors (Lipinski definition) is 5. The molecule has 9 heteroatoms. The summed E-state index contributed by atoms with van der Waals surface area (Å²) in [7, 11) is 1.50. The Hall–Kier alpha value is -3.07. The van der Waals surface area contributed by atoms with Crippen LogP contribution in [0.2, 0.25) is 0 Å². The molecule has 0 spiro atoms. The van der Waals surface area contributed by atoms with Gasteiger partial charge in [0, 0.05) is 5.56 Å². The van der Waals surface area contributed by atoms with Crippen LogP contribution in [0.25, 0.3) is 11.3 Å². The molecule has 1 atom stereocenters. The molecule has 5 nitrogen and oxygen atoms in total. The molecule has 0 aliphatic rings. The summed E-state index contributed by atoms with van der Waals surface area (Å²) in [5.74, 6) is 0.140. The Morgan fingerprint density at radius 3 is 2.39 bits per heavy atom. The van der Waals surface area contributed by atoms with Crippen LogP contribution in [0.5, 0.6) is 5.75 Å². The fraction of sp³-hybridized carbons (Fsp3) is 0.227. The minimum atomic E-state index is -4.64. The van der Waals surface area contributed by atoms with Gasteiger partial charge in [0.1, 0.15) is 11.4 Å². The summed E-state index contributed by atoms with van der Waals surface area (Å²) in [5, 5.41) is 2.70. The van der Waals surface area contributed by atoms with Gasteiger partial charge in [0.15, 0.2) is 5.16 Å². The van der Waals surface area contributed by atoms with Gasteiger partial charge in [-0.15, -0.1) is 0 Å². The number of thioether (sulfide) groups is 1. The number of ether oxygens (including phenoxy) is 1. The number of rotatable bonds is 7. The van der Waals surface area contributed by atoms with Gasteiger partial charge < -0.3 is 10.1 Å². The lowest BCUT2D eigenvalue weighted by atomic mass is 10.1. The number of hydrogen-bond donors (Lipinski definition) is 1. The number of benzene rings is 2. The fourth-order valence-corrected chi connectivity index (χ4v) is 3.45. The molecule has 0 saturated carbocycles. The largest absolute Gasteiger partial charge is 0.497 e. The molecule has 0 aliphatic carbocycles. The average molecular weight is 447 g/mol. The summed E-state index contributed by atoms with van der Waals surface area (Å²) in [6.45, 7) is 1.83. The molecule has 1 aromatic heterocycles. The third-order valence-corrected chi connectivity index (χ3v) is 5.24. The van der Waals surface area contributed by atoms with E-state index in [0.717, 1.165) is 23.4 Å². The summed E-state index contributed by atoms with van der Waals surface area (Å²) in [6, 6.07) is 16.5. The predicted molar refractivity (Wildman–Crippen MR) is 113 cm³/mol. The van der Waals surface area contributed by atoms with Crippen molar-refractivity contribution in [2.45, 2.75) is 24.3 Å². The van der Waals surface area contributed by atoms with Gasteiger partial charge in [0.05, 0.1) is 24.6 Å². The van der Waals surface area contributed by atoms with Crippen LogP contribution in [0, 0.1) is 0 Å². The fourth-order valence-electron chi connectivity index (χ4n) is 2.78. The second-order valence-electron chi connectivity index (χ2n) is 6.64. The van der Waals surface area contributed by atoms with Crippen LogP contribution >= 0.6 is 11.8 Å². The highest BCUT2D eigenvalue weighted by Crippen LogP contribution is 2.32. The number of halogens is 3. The van der Waals surface area contributed by atoms with E-state index < -0.39 is 11.9 Å². The van der Waals surface area contributed by atoms with Crippen LogP contribution in [0.3, 0.4) is 0 Å². The molecule has 0 aliphatic heterocycles. The quantitative estimate of drug-likeness (QED) is 0.401. The Bertz CT molecular complexity index is 1030. The van der Waals surface area contributed by atoms with Crippen molar-refractivity contribution in [3.8, 4) is 17.0 Å². The van der Waals surface area contributed by atoms with E-state index >= 15 is 0 Å². The molecule has 2 aromatic carbocycles. The topological polar surface area (TPSA) is 64.1 Å². The average Bonchev–Trinajstić information content (AvgIpc) is 2.77. The highest BCUT2D eigenvalue weighted by atomic mass is 32.2. The molecular weight excluding hydrogens is 427 g/mol. The molecule has 162 valence electrons. The van der Waals surface area contributed by atoms with E-state index in [1.165, 1.54) is 7.11 Å². The van der Waals surface area contributed by atoms with Gasteiger partial charge in [-0.3, -0.25) is 4.79 Å². The number of nitrogens with zero attached hydrogens (tertiary/aromatic N) is 2. The van der Waals surface area contributed by atoms with Crippen LogP contribution < -0.4 is 10.1 Å². The second kappa shape index (κ2) is 9.82. The number of carbonyl (C=O) groups excluding carboxylic acids is 1. The van der Waals surface area contributed by atoms with E-state index in [0.29, 0.717) is 11.3 Å². The monoisotopic (exact) mass is 447 g/mol. The van der Waals surface area contributed by atoms with E-state index in [1.54, 1.807) is 24.3 Å². The van der Waals surface area contributed by atoms with Crippen molar-refractivity contribution in [2.75, 3.05) is 12.9 Å². The Morgan fingerprint density at radius 2 is 1.77 bits per heavy atom. The van der Waals surface area contributed by atoms with Crippen molar-refractivity contribution >= 4 is 17.7 Å². The van der Waals surface area contributed by atoms with E-state index in [-0.39, 0.29) is 28.6 Å². The van der Waals surface area contributed by atoms with Gasteiger partial charge in [-0.25, -0.2) is 9.97 Å². The normalized spacial score (nSPS) is 12.3. The summed E-state index contributed by atoms with van der Waals surface area (Å²) in [6.07, 6.45) is -4.64. The van der Waals surface area contributed by atoms with Crippen LogP contribution in [-0.2, 0) is 11.0 Å². The molecule has 0 bridgehead atoms. The molecule has 1 N–H and O–H groups in total. The van der Waals surface area contributed by atoms with Crippen LogP contribution in [0.1, 0.15) is 24.2 Å². The minimum Gasteiger partial charge on any atom is -0.497 e. The second-order valence-corrected chi connectivity index (χ2v) is 7.58. The van der Waals surface area contributed by atoms with Gasteiger partial charge in [0.2, 0.25) is 5.91 Å². The SMILES string of the molecule is COc1ccc(-c2cc(C(F)(F)F)nc(SCC(=O)N[C@H](C)c3ccccc3)n2)cc1. The Kier molecular flexibility index (Phi) is 7.17. The van der Waals surface area contributed by atoms with Crippen molar-refractivity contribution in [1.29, 1.82) is 0 Å². The molecule has 31 heavy (non-hydrogen) atoms. The first-order valence-electron chi connectivity index (χ1n) is 9.34. The minimum absolute atomic E-state index is 0.111. The van der Waals surface area contributed by atoms with Gasteiger partial charge >= 0.3 is 6.18 Å². The van der Waals surface area contributed by atoms with E-state index in [2.05, 4.69) is 15.3 Å². The molecule has 0 fully saturated rings. The van der Waals surface area contributed by atoms with E-state index in [9.17, 15) is 18.0 Å². The molecule has 0 radical (unpaired) electrons. The summed E-state index contributed by atoms with van der Waals surface area (Å²) in [4.78, 5) is 20.1. The number of alkyl halides is 3. The smallest absolute Gasteiger partial charge is 0.433 e. The van der Waals surface area contributed by atoms with E-state index in [1.807, 2.05) is 37.3 Å². The third kappa shape index (κ3) is 6.21. The molecule has 1 heterocycles. The molecule has 0 saturated heterocycles. The highest BCUT2D eigenvalue weighted by Gasteiger charge is 2.34. The zero-order chi connectivity index (χ0) is 22.4. The van der Waals surface area contributed by atoms with Gasteiger partial charge in [-0.2, -0.15) is 13.2 Å². The van der Waals surface area contributed by atoms with Crippen LogP contribution in [0.15, 0.2) is 65.8 Å². The molecular formula is C22H20F3N3O2S. The standard InChI is InChI=1S/C22H20F3N3O2S/c1-14(15-6-4-3-5-7-15)26-20(29)13-31-21-27-18(12-19(28-21)22(23,24)25)16-8-10-17(30-2)11-9-16/h3-12,14H,13H2,1-2H3,(H,26,29)/t14-/m1/s1. The molecule has 1 amide bonds. The first-order chi connectivity index (χ1) is 14.8. The molecule has 3 aromatic rings. The number of amides is 1. The lowest BCUT2D eigenvalue weighted by Crippen LogP contribution is -2.28. The van der Waals surface area contributed by atoms with Gasteiger partial charge in [0.25, 0.3) is 0 Å². The molecule has 0 unspecified atom stereocenters. The third-order valence-electron chi connectivity index (χ3n) is 4.39. The maximum Gasteiger partial charge on any atom is 0.433 e. The van der Waals surface area contributed by atoms with Crippen molar-refractivity contribution in [1.82, 2.24) is 15.3 Å².